The standard InChI is InChI=1S/C42H27NS2/c1-3-12-28(13-4-1)30-16-11-17-31(26-30)43(32-22-25-40-37(27-32)35-19-8-9-20-38(35)44-40)41-33(29-14-5-2-6-15-29)23-24-36-34-18-7-10-21-39(34)45-42(36)41/h1-27H. The van der Waals surface area contributed by atoms with Crippen molar-refractivity contribution in [3.63, 3.8) is 0 Å². The number of nitrogens with zero attached hydrogens (tertiary/aromatic N) is 1. The Bertz CT molecular complexity index is 2490. The average Bonchev–Trinajstić information content (AvgIpc) is 3.68. The van der Waals surface area contributed by atoms with Crippen LogP contribution in [0.5, 0.6) is 0 Å². The second-order valence-electron chi connectivity index (χ2n) is 11.3. The Morgan fingerprint density at radius 1 is 0.356 bits per heavy atom. The summed E-state index contributed by atoms with van der Waals surface area (Å²) in [5.41, 5.74) is 8.33. The molecule has 0 saturated heterocycles. The molecule has 0 aliphatic carbocycles. The third kappa shape index (κ3) is 4.43. The van der Waals surface area contributed by atoms with Crippen LogP contribution >= 0.6 is 22.7 Å². The molecule has 45 heavy (non-hydrogen) atoms. The molecule has 0 bridgehead atoms. The zero-order valence-corrected chi connectivity index (χ0v) is 26.0. The van der Waals surface area contributed by atoms with E-state index in [1.54, 1.807) is 0 Å². The SMILES string of the molecule is c1ccc(-c2cccc(N(c3ccc4sc5ccccc5c4c3)c3c(-c4ccccc4)ccc4c3sc3ccccc34)c2)cc1. The van der Waals surface area contributed by atoms with E-state index in [1.807, 2.05) is 22.7 Å². The highest BCUT2D eigenvalue weighted by Crippen LogP contribution is 2.50. The zero-order valence-electron chi connectivity index (χ0n) is 24.4. The van der Waals surface area contributed by atoms with Gasteiger partial charge < -0.3 is 4.90 Å². The Morgan fingerprint density at radius 2 is 0.956 bits per heavy atom. The minimum Gasteiger partial charge on any atom is -0.308 e. The highest BCUT2D eigenvalue weighted by Gasteiger charge is 2.23. The van der Waals surface area contributed by atoms with Crippen LogP contribution in [0.2, 0.25) is 0 Å². The van der Waals surface area contributed by atoms with Crippen molar-refractivity contribution < 1.29 is 0 Å². The Morgan fingerprint density at radius 3 is 1.73 bits per heavy atom. The number of rotatable bonds is 5. The fourth-order valence-corrected chi connectivity index (χ4v) is 8.89. The summed E-state index contributed by atoms with van der Waals surface area (Å²) in [7, 11) is 0. The second kappa shape index (κ2) is 10.7. The first-order valence-electron chi connectivity index (χ1n) is 15.2. The first-order chi connectivity index (χ1) is 22.3. The van der Waals surface area contributed by atoms with E-state index >= 15 is 0 Å². The van der Waals surface area contributed by atoms with Crippen molar-refractivity contribution in [3.05, 3.63) is 164 Å². The lowest BCUT2D eigenvalue weighted by Gasteiger charge is -2.29. The summed E-state index contributed by atoms with van der Waals surface area (Å²) in [5.74, 6) is 0. The first kappa shape index (κ1) is 26.2. The van der Waals surface area contributed by atoms with E-state index in [1.165, 1.54) is 68.3 Å². The molecule has 0 amide bonds. The van der Waals surface area contributed by atoms with Gasteiger partial charge in [-0.05, 0) is 59.2 Å². The van der Waals surface area contributed by atoms with Crippen LogP contribution in [0, 0.1) is 0 Å². The van der Waals surface area contributed by atoms with Crippen molar-refractivity contribution in [3.8, 4) is 22.3 Å². The molecule has 2 heterocycles. The monoisotopic (exact) mass is 609 g/mol. The van der Waals surface area contributed by atoms with Gasteiger partial charge in [0.15, 0.2) is 0 Å². The molecular weight excluding hydrogens is 583 g/mol. The van der Waals surface area contributed by atoms with E-state index in [0.29, 0.717) is 0 Å². The summed E-state index contributed by atoms with van der Waals surface area (Å²) < 4.78 is 5.22. The lowest BCUT2D eigenvalue weighted by Crippen LogP contribution is -2.11. The fourth-order valence-electron chi connectivity index (χ4n) is 6.56. The second-order valence-corrected chi connectivity index (χ2v) is 13.5. The summed E-state index contributed by atoms with van der Waals surface area (Å²) >= 11 is 3.75. The molecule has 0 aliphatic heterocycles. The summed E-state index contributed by atoms with van der Waals surface area (Å²) in [6.45, 7) is 0. The number of fused-ring (bicyclic) bond motifs is 6. The highest BCUT2D eigenvalue weighted by atomic mass is 32.1. The Hall–Kier alpha value is -5.22. The molecular formula is C42H27NS2. The summed E-state index contributed by atoms with van der Waals surface area (Å²) in [6.07, 6.45) is 0. The Balaban J connectivity index is 1.39. The van der Waals surface area contributed by atoms with Gasteiger partial charge >= 0.3 is 0 Å². The molecule has 0 spiro atoms. The maximum atomic E-state index is 2.50. The van der Waals surface area contributed by atoms with E-state index in [-0.39, 0.29) is 0 Å². The summed E-state index contributed by atoms with van der Waals surface area (Å²) in [6, 6.07) is 59.7. The number of hydrogen-bond acceptors (Lipinski definition) is 3. The molecule has 9 aromatic rings. The van der Waals surface area contributed by atoms with Crippen molar-refractivity contribution in [1.29, 1.82) is 0 Å². The van der Waals surface area contributed by atoms with E-state index < -0.39 is 0 Å². The molecule has 7 aromatic carbocycles. The van der Waals surface area contributed by atoms with Crippen LogP contribution in [0.4, 0.5) is 17.1 Å². The van der Waals surface area contributed by atoms with Crippen molar-refractivity contribution >= 4 is 80.1 Å². The third-order valence-corrected chi connectivity index (χ3v) is 11.0. The van der Waals surface area contributed by atoms with Crippen LogP contribution in [-0.2, 0) is 0 Å². The van der Waals surface area contributed by atoms with E-state index in [2.05, 4.69) is 169 Å². The molecule has 1 nitrogen and oxygen atoms in total. The van der Waals surface area contributed by atoms with Crippen LogP contribution < -0.4 is 4.90 Å². The quantitative estimate of drug-likeness (QED) is 0.188. The molecule has 0 unspecified atom stereocenters. The molecule has 9 rings (SSSR count). The van der Waals surface area contributed by atoms with Crippen molar-refractivity contribution in [2.75, 3.05) is 4.90 Å². The minimum atomic E-state index is 1.14. The topological polar surface area (TPSA) is 3.24 Å². The molecule has 0 N–H and O–H groups in total. The molecule has 0 radical (unpaired) electrons. The highest BCUT2D eigenvalue weighted by molar-refractivity contribution is 7.26. The van der Waals surface area contributed by atoms with Gasteiger partial charge in [-0.1, -0.05) is 121 Å². The molecule has 3 heteroatoms. The number of anilines is 3. The summed E-state index contributed by atoms with van der Waals surface area (Å²) in [5, 5.41) is 5.19. The van der Waals surface area contributed by atoms with Crippen molar-refractivity contribution in [2.24, 2.45) is 0 Å². The molecule has 0 aliphatic rings. The van der Waals surface area contributed by atoms with Gasteiger partial charge in [-0.15, -0.1) is 22.7 Å². The minimum absolute atomic E-state index is 1.14. The predicted molar refractivity (Wildman–Crippen MR) is 198 cm³/mol. The van der Waals surface area contributed by atoms with Gasteiger partial charge in [-0.2, -0.15) is 0 Å². The first-order valence-corrected chi connectivity index (χ1v) is 16.8. The predicted octanol–water partition coefficient (Wildman–Crippen LogP) is 13.2. The van der Waals surface area contributed by atoms with Crippen LogP contribution in [0.25, 0.3) is 62.6 Å². The smallest absolute Gasteiger partial charge is 0.0718 e. The van der Waals surface area contributed by atoms with Gasteiger partial charge in [-0.3, -0.25) is 0 Å². The van der Waals surface area contributed by atoms with Gasteiger partial charge in [0.05, 0.1) is 10.4 Å². The fraction of sp³-hybridized carbons (Fsp3) is 0. The van der Waals surface area contributed by atoms with Crippen molar-refractivity contribution in [1.82, 2.24) is 0 Å². The van der Waals surface area contributed by atoms with Gasteiger partial charge in [0.2, 0.25) is 0 Å². The maximum Gasteiger partial charge on any atom is 0.0718 e. The molecule has 0 fully saturated rings. The Kier molecular flexibility index (Phi) is 6.26. The van der Waals surface area contributed by atoms with Crippen molar-refractivity contribution in [2.45, 2.75) is 0 Å². The van der Waals surface area contributed by atoms with Gasteiger partial charge in [0, 0.05) is 52.6 Å². The van der Waals surface area contributed by atoms with Crippen LogP contribution in [-0.4, -0.2) is 0 Å². The van der Waals surface area contributed by atoms with Gasteiger partial charge in [0.25, 0.3) is 0 Å². The normalized spacial score (nSPS) is 11.6. The molecule has 0 saturated carbocycles. The van der Waals surface area contributed by atoms with Gasteiger partial charge in [-0.25, -0.2) is 0 Å². The number of thiophene rings is 2. The Labute approximate surface area is 269 Å². The van der Waals surface area contributed by atoms with Crippen LogP contribution in [0.15, 0.2) is 164 Å². The van der Waals surface area contributed by atoms with E-state index in [0.717, 1.165) is 11.4 Å². The van der Waals surface area contributed by atoms with Crippen LogP contribution in [0.1, 0.15) is 0 Å². The van der Waals surface area contributed by atoms with Crippen LogP contribution in [0.3, 0.4) is 0 Å². The number of benzene rings is 7. The molecule has 212 valence electrons. The van der Waals surface area contributed by atoms with E-state index in [9.17, 15) is 0 Å². The lowest BCUT2D eigenvalue weighted by molar-refractivity contribution is 1.31. The molecule has 2 aromatic heterocycles. The number of hydrogen-bond donors (Lipinski definition) is 0. The molecule has 0 atom stereocenters. The van der Waals surface area contributed by atoms with Gasteiger partial charge in [0.1, 0.15) is 0 Å². The summed E-state index contributed by atoms with van der Waals surface area (Å²) in [4.78, 5) is 2.50. The third-order valence-electron chi connectivity index (χ3n) is 8.66. The van der Waals surface area contributed by atoms with E-state index in [4.69, 9.17) is 0 Å². The average molecular weight is 610 g/mol. The largest absolute Gasteiger partial charge is 0.308 e. The lowest BCUT2D eigenvalue weighted by atomic mass is 9.98. The zero-order chi connectivity index (χ0) is 29.7. The maximum absolute atomic E-state index is 2.50.